The van der Waals surface area contributed by atoms with Crippen LogP contribution in [0.3, 0.4) is 0 Å². The van der Waals surface area contributed by atoms with Crippen LogP contribution in [-0.2, 0) is 0 Å². The van der Waals surface area contributed by atoms with E-state index in [4.69, 9.17) is 5.26 Å². The fourth-order valence-corrected chi connectivity index (χ4v) is 1.98. The number of rotatable bonds is 1. The Morgan fingerprint density at radius 1 is 0.882 bits per heavy atom. The van der Waals surface area contributed by atoms with Crippen molar-refractivity contribution < 1.29 is 5.11 Å². The van der Waals surface area contributed by atoms with Gasteiger partial charge in [0.15, 0.2) is 0 Å². The monoisotopic (exact) mass is 223 g/mol. The first-order valence-electron chi connectivity index (χ1n) is 5.41. The predicted molar refractivity (Wildman–Crippen MR) is 67.7 cm³/mol. The summed E-state index contributed by atoms with van der Waals surface area (Å²) in [4.78, 5) is 0. The Kier molecular flexibility index (Phi) is 2.84. The molecule has 0 saturated carbocycles. The molecular weight excluding hydrogens is 210 g/mol. The number of hydrogen-bond acceptors (Lipinski definition) is 2. The molecule has 2 rings (SSSR count). The molecule has 0 fully saturated rings. The van der Waals surface area contributed by atoms with Crippen molar-refractivity contribution in [1.82, 2.24) is 0 Å². The molecule has 0 atom stereocenters. The molecular formula is C15H13NO. The van der Waals surface area contributed by atoms with E-state index in [1.807, 2.05) is 32.0 Å². The van der Waals surface area contributed by atoms with E-state index < -0.39 is 0 Å². The van der Waals surface area contributed by atoms with Crippen molar-refractivity contribution in [2.24, 2.45) is 0 Å². The van der Waals surface area contributed by atoms with Crippen molar-refractivity contribution in [3.8, 4) is 22.9 Å². The molecule has 0 unspecified atom stereocenters. The van der Waals surface area contributed by atoms with Gasteiger partial charge in [0.2, 0.25) is 0 Å². The van der Waals surface area contributed by atoms with Crippen molar-refractivity contribution in [2.45, 2.75) is 13.8 Å². The second-order valence-electron chi connectivity index (χ2n) is 4.26. The molecule has 17 heavy (non-hydrogen) atoms. The van der Waals surface area contributed by atoms with E-state index in [1.54, 1.807) is 12.1 Å². The zero-order valence-corrected chi connectivity index (χ0v) is 9.86. The summed E-state index contributed by atoms with van der Waals surface area (Å²) in [7, 11) is 0. The summed E-state index contributed by atoms with van der Waals surface area (Å²) in [5.74, 6) is 0.123. The molecule has 2 heteroatoms. The fourth-order valence-electron chi connectivity index (χ4n) is 1.98. The molecule has 84 valence electrons. The van der Waals surface area contributed by atoms with Gasteiger partial charge in [0.05, 0.1) is 11.6 Å². The van der Waals surface area contributed by atoms with Crippen molar-refractivity contribution in [2.75, 3.05) is 0 Å². The molecule has 0 spiro atoms. The van der Waals surface area contributed by atoms with E-state index in [2.05, 4.69) is 6.07 Å². The van der Waals surface area contributed by atoms with E-state index in [0.717, 1.165) is 11.1 Å². The Bertz CT molecular complexity index is 589. The number of hydrogen-bond donors (Lipinski definition) is 1. The lowest BCUT2D eigenvalue weighted by molar-refractivity contribution is 0.475. The molecule has 0 amide bonds. The van der Waals surface area contributed by atoms with Crippen LogP contribution in [0.1, 0.15) is 16.7 Å². The molecule has 2 nitrogen and oxygen atoms in total. The Morgan fingerprint density at radius 2 is 1.47 bits per heavy atom. The maximum absolute atomic E-state index is 9.57. The first-order chi connectivity index (χ1) is 8.08. The van der Waals surface area contributed by atoms with Crippen LogP contribution >= 0.6 is 0 Å². The van der Waals surface area contributed by atoms with E-state index in [1.165, 1.54) is 17.2 Å². The standard InChI is InChI=1S/C15H13NO/c1-10-3-11(2)5-13(4-10)14-6-12(9-16)7-15(17)8-14/h3-8,17H,1-2H3. The smallest absolute Gasteiger partial charge is 0.117 e. The molecule has 0 saturated heterocycles. The molecule has 2 aromatic rings. The van der Waals surface area contributed by atoms with Crippen molar-refractivity contribution in [3.05, 3.63) is 53.1 Å². The maximum atomic E-state index is 9.57. The van der Waals surface area contributed by atoms with Crippen LogP contribution in [0, 0.1) is 25.2 Å². The molecule has 0 heterocycles. The van der Waals surface area contributed by atoms with E-state index in [-0.39, 0.29) is 5.75 Å². The summed E-state index contributed by atoms with van der Waals surface area (Å²) in [5, 5.41) is 18.5. The Labute approximate surface area is 101 Å². The van der Waals surface area contributed by atoms with Crippen LogP contribution in [0.25, 0.3) is 11.1 Å². The van der Waals surface area contributed by atoms with Gasteiger partial charge in [-0.2, -0.15) is 5.26 Å². The molecule has 0 aliphatic rings. The average molecular weight is 223 g/mol. The SMILES string of the molecule is Cc1cc(C)cc(-c2cc(O)cc(C#N)c2)c1. The third-order valence-electron chi connectivity index (χ3n) is 2.60. The first kappa shape index (κ1) is 11.2. The van der Waals surface area contributed by atoms with Gasteiger partial charge in [0.25, 0.3) is 0 Å². The second-order valence-corrected chi connectivity index (χ2v) is 4.26. The zero-order chi connectivity index (χ0) is 12.4. The summed E-state index contributed by atoms with van der Waals surface area (Å²) in [6, 6.07) is 13.2. The third kappa shape index (κ3) is 2.46. The predicted octanol–water partition coefficient (Wildman–Crippen LogP) is 3.55. The summed E-state index contributed by atoms with van der Waals surface area (Å²) in [6.07, 6.45) is 0. The minimum atomic E-state index is 0.123. The summed E-state index contributed by atoms with van der Waals surface area (Å²) in [5.41, 5.74) is 4.70. The van der Waals surface area contributed by atoms with Crippen LogP contribution in [0.4, 0.5) is 0 Å². The van der Waals surface area contributed by atoms with Crippen molar-refractivity contribution in [3.63, 3.8) is 0 Å². The number of phenols is 1. The maximum Gasteiger partial charge on any atom is 0.117 e. The minimum Gasteiger partial charge on any atom is -0.508 e. The fraction of sp³-hybridized carbons (Fsp3) is 0.133. The third-order valence-corrected chi connectivity index (χ3v) is 2.60. The number of nitrogens with zero attached hydrogens (tertiary/aromatic N) is 1. The Hall–Kier alpha value is -2.27. The lowest BCUT2D eigenvalue weighted by Gasteiger charge is -2.06. The minimum absolute atomic E-state index is 0.123. The molecule has 0 aromatic heterocycles. The summed E-state index contributed by atoms with van der Waals surface area (Å²) < 4.78 is 0. The van der Waals surface area contributed by atoms with Gasteiger partial charge < -0.3 is 5.11 Å². The first-order valence-corrected chi connectivity index (χ1v) is 5.41. The van der Waals surface area contributed by atoms with Gasteiger partial charge in [-0.25, -0.2) is 0 Å². The number of aromatic hydroxyl groups is 1. The van der Waals surface area contributed by atoms with Crippen LogP contribution in [0.2, 0.25) is 0 Å². The van der Waals surface area contributed by atoms with Gasteiger partial charge >= 0.3 is 0 Å². The summed E-state index contributed by atoms with van der Waals surface area (Å²) >= 11 is 0. The van der Waals surface area contributed by atoms with Crippen LogP contribution < -0.4 is 0 Å². The molecule has 0 aliphatic heterocycles. The second kappa shape index (κ2) is 4.31. The molecule has 2 aromatic carbocycles. The van der Waals surface area contributed by atoms with Gasteiger partial charge in [0, 0.05) is 0 Å². The van der Waals surface area contributed by atoms with Crippen molar-refractivity contribution >= 4 is 0 Å². The molecule has 0 radical (unpaired) electrons. The largest absolute Gasteiger partial charge is 0.508 e. The van der Waals surface area contributed by atoms with Gasteiger partial charge in [-0.05, 0) is 43.2 Å². The summed E-state index contributed by atoms with van der Waals surface area (Å²) in [6.45, 7) is 4.06. The average Bonchev–Trinajstić information content (AvgIpc) is 2.26. The Morgan fingerprint density at radius 3 is 2.06 bits per heavy atom. The molecule has 0 aliphatic carbocycles. The van der Waals surface area contributed by atoms with E-state index in [9.17, 15) is 5.11 Å². The van der Waals surface area contributed by atoms with Crippen LogP contribution in [0.5, 0.6) is 5.75 Å². The highest BCUT2D eigenvalue weighted by Crippen LogP contribution is 2.26. The number of benzene rings is 2. The highest BCUT2D eigenvalue weighted by atomic mass is 16.3. The lowest BCUT2D eigenvalue weighted by atomic mass is 9.99. The Balaban J connectivity index is 2.60. The van der Waals surface area contributed by atoms with Crippen LogP contribution in [0.15, 0.2) is 36.4 Å². The normalized spacial score (nSPS) is 9.94. The topological polar surface area (TPSA) is 44.0 Å². The van der Waals surface area contributed by atoms with Gasteiger partial charge in [-0.3, -0.25) is 0 Å². The number of nitriles is 1. The van der Waals surface area contributed by atoms with Crippen molar-refractivity contribution in [1.29, 1.82) is 5.26 Å². The van der Waals surface area contributed by atoms with Crippen LogP contribution in [-0.4, -0.2) is 5.11 Å². The lowest BCUT2D eigenvalue weighted by Crippen LogP contribution is -1.84. The molecule has 1 N–H and O–H groups in total. The highest BCUT2D eigenvalue weighted by Gasteiger charge is 2.03. The number of aryl methyl sites for hydroxylation is 2. The quantitative estimate of drug-likeness (QED) is 0.803. The zero-order valence-electron chi connectivity index (χ0n) is 9.86. The number of phenolic OH excluding ortho intramolecular Hbond substituents is 1. The van der Waals surface area contributed by atoms with Gasteiger partial charge in [-0.15, -0.1) is 0 Å². The van der Waals surface area contributed by atoms with E-state index >= 15 is 0 Å². The van der Waals surface area contributed by atoms with E-state index in [0.29, 0.717) is 5.56 Å². The molecule has 0 bridgehead atoms. The highest BCUT2D eigenvalue weighted by molar-refractivity contribution is 5.68. The van der Waals surface area contributed by atoms with Gasteiger partial charge in [0.1, 0.15) is 5.75 Å². The van der Waals surface area contributed by atoms with Gasteiger partial charge in [-0.1, -0.05) is 29.3 Å².